The van der Waals surface area contributed by atoms with Crippen molar-refractivity contribution >= 4 is 23.8 Å². The Morgan fingerprint density at radius 2 is 2.00 bits per heavy atom. The molecular weight excluding hydrogens is 322 g/mol. The molecule has 1 heterocycles. The Kier molecular flexibility index (Phi) is 11.4. The Hall–Kier alpha value is -1.23. The van der Waals surface area contributed by atoms with Gasteiger partial charge in [0.15, 0.2) is 0 Å². The van der Waals surface area contributed by atoms with Crippen molar-refractivity contribution < 1.29 is 14.7 Å². The lowest BCUT2D eigenvalue weighted by molar-refractivity contribution is -0.137. The van der Waals surface area contributed by atoms with Gasteiger partial charge in [-0.25, -0.2) is 0 Å². The van der Waals surface area contributed by atoms with E-state index in [0.29, 0.717) is 12.8 Å². The maximum atomic E-state index is 12.0. The number of carbonyl (C=O) groups excluding carboxylic acids is 1. The van der Waals surface area contributed by atoms with Crippen LogP contribution in [0.5, 0.6) is 0 Å². The third-order valence-electron chi connectivity index (χ3n) is 4.02. The minimum absolute atomic E-state index is 0.215. The van der Waals surface area contributed by atoms with Crippen LogP contribution in [-0.4, -0.2) is 33.1 Å². The van der Waals surface area contributed by atoms with E-state index in [1.807, 2.05) is 16.5 Å². The van der Waals surface area contributed by atoms with E-state index < -0.39 is 5.97 Å². The van der Waals surface area contributed by atoms with Crippen molar-refractivity contribution in [2.24, 2.45) is 0 Å². The molecule has 0 aromatic heterocycles. The molecule has 1 aliphatic heterocycles. The minimum atomic E-state index is -0.746. The second-order valence-electron chi connectivity index (χ2n) is 6.16. The zero-order valence-corrected chi connectivity index (χ0v) is 15.6. The van der Waals surface area contributed by atoms with E-state index in [2.05, 4.69) is 19.1 Å². The fourth-order valence-corrected chi connectivity index (χ4v) is 3.63. The molecular formula is C19H31NO3S. The molecule has 0 saturated carbocycles. The lowest BCUT2D eigenvalue weighted by Gasteiger charge is -2.20. The summed E-state index contributed by atoms with van der Waals surface area (Å²) in [5, 5.41) is 8.57. The molecule has 1 aliphatic rings. The number of hydrogen-bond donors (Lipinski definition) is 1. The number of rotatable bonds is 13. The highest BCUT2D eigenvalue weighted by molar-refractivity contribution is 7.97. The van der Waals surface area contributed by atoms with Crippen LogP contribution >= 0.6 is 11.9 Å². The van der Waals surface area contributed by atoms with Crippen molar-refractivity contribution in [1.29, 1.82) is 0 Å². The number of allylic oxidation sites excluding steroid dienone is 2. The molecule has 1 N–H and O–H groups in total. The zero-order chi connectivity index (χ0) is 17.6. The largest absolute Gasteiger partial charge is 0.481 e. The number of carboxylic acids is 1. The third kappa shape index (κ3) is 9.16. The van der Waals surface area contributed by atoms with Crippen molar-refractivity contribution in [3.63, 3.8) is 0 Å². The SMILES string of the molecule is CCCCCC/C=C/C1CCC(=O)N1SC/C=C\CCCC(=O)O. The Labute approximate surface area is 150 Å². The van der Waals surface area contributed by atoms with Crippen LogP contribution in [0.4, 0.5) is 0 Å². The lowest BCUT2D eigenvalue weighted by Crippen LogP contribution is -2.24. The summed E-state index contributed by atoms with van der Waals surface area (Å²) in [6.07, 6.45) is 17.9. The van der Waals surface area contributed by atoms with Crippen LogP contribution in [-0.2, 0) is 9.59 Å². The van der Waals surface area contributed by atoms with Gasteiger partial charge in [-0.2, -0.15) is 0 Å². The van der Waals surface area contributed by atoms with Gasteiger partial charge in [-0.3, -0.25) is 13.9 Å². The number of nitrogens with zero attached hydrogens (tertiary/aromatic N) is 1. The van der Waals surface area contributed by atoms with Crippen molar-refractivity contribution in [2.45, 2.75) is 77.2 Å². The van der Waals surface area contributed by atoms with Gasteiger partial charge in [-0.15, -0.1) is 0 Å². The standard InChI is InChI=1S/C19H31NO3S/c1-2-3-4-5-6-9-12-17-14-15-18(21)20(17)24-16-11-8-7-10-13-19(22)23/h8-9,11-12,17H,2-7,10,13-16H2,1H3,(H,22,23)/b11-8-,12-9+. The monoisotopic (exact) mass is 353 g/mol. The van der Waals surface area contributed by atoms with Crippen molar-refractivity contribution in [3.05, 3.63) is 24.3 Å². The van der Waals surface area contributed by atoms with Crippen LogP contribution < -0.4 is 0 Å². The molecule has 24 heavy (non-hydrogen) atoms. The average molecular weight is 354 g/mol. The smallest absolute Gasteiger partial charge is 0.303 e. The number of carbonyl (C=O) groups is 2. The maximum Gasteiger partial charge on any atom is 0.303 e. The Morgan fingerprint density at radius 3 is 2.75 bits per heavy atom. The normalized spacial score (nSPS) is 18.3. The summed E-state index contributed by atoms with van der Waals surface area (Å²) in [6, 6.07) is 0.231. The van der Waals surface area contributed by atoms with Crippen LogP contribution in [0.3, 0.4) is 0 Å². The number of aliphatic carboxylic acids is 1. The van der Waals surface area contributed by atoms with Gasteiger partial charge in [-0.05, 0) is 44.1 Å². The second-order valence-corrected chi connectivity index (χ2v) is 7.14. The van der Waals surface area contributed by atoms with E-state index >= 15 is 0 Å². The number of unbranched alkanes of at least 4 members (excludes halogenated alkanes) is 5. The predicted octanol–water partition coefficient (Wildman–Crippen LogP) is 4.96. The summed E-state index contributed by atoms with van der Waals surface area (Å²) in [4.78, 5) is 22.4. The van der Waals surface area contributed by atoms with Gasteiger partial charge >= 0.3 is 5.97 Å². The Bertz CT molecular complexity index is 434. The molecule has 1 atom stereocenters. The van der Waals surface area contributed by atoms with E-state index in [0.717, 1.165) is 25.0 Å². The first-order valence-corrected chi connectivity index (χ1v) is 10.1. The number of hydrogen-bond acceptors (Lipinski definition) is 3. The predicted molar refractivity (Wildman–Crippen MR) is 101 cm³/mol. The quantitative estimate of drug-likeness (QED) is 0.289. The minimum Gasteiger partial charge on any atom is -0.481 e. The van der Waals surface area contributed by atoms with Gasteiger partial charge in [0, 0.05) is 18.6 Å². The number of carboxylic acid groups (broad SMARTS) is 1. The van der Waals surface area contributed by atoms with E-state index in [1.165, 1.54) is 25.7 Å². The Balaban J connectivity index is 2.23. The van der Waals surface area contributed by atoms with Crippen LogP contribution in [0, 0.1) is 0 Å². The summed E-state index contributed by atoms with van der Waals surface area (Å²) in [5.41, 5.74) is 0. The zero-order valence-electron chi connectivity index (χ0n) is 14.8. The van der Waals surface area contributed by atoms with Crippen LogP contribution in [0.2, 0.25) is 0 Å². The summed E-state index contributed by atoms with van der Waals surface area (Å²) < 4.78 is 1.91. The second kappa shape index (κ2) is 13.1. The highest BCUT2D eigenvalue weighted by atomic mass is 32.2. The van der Waals surface area contributed by atoms with E-state index in [4.69, 9.17) is 5.11 Å². The van der Waals surface area contributed by atoms with Crippen LogP contribution in [0.25, 0.3) is 0 Å². The molecule has 1 unspecified atom stereocenters. The van der Waals surface area contributed by atoms with E-state index in [-0.39, 0.29) is 18.4 Å². The van der Waals surface area contributed by atoms with Crippen molar-refractivity contribution in [1.82, 2.24) is 4.31 Å². The molecule has 0 aromatic rings. The van der Waals surface area contributed by atoms with Gasteiger partial charge in [0.2, 0.25) is 5.91 Å². The van der Waals surface area contributed by atoms with Gasteiger partial charge in [0.1, 0.15) is 0 Å². The fourth-order valence-electron chi connectivity index (χ4n) is 2.65. The molecule has 0 spiro atoms. The molecule has 0 aliphatic carbocycles. The third-order valence-corrected chi connectivity index (χ3v) is 5.12. The van der Waals surface area contributed by atoms with Crippen LogP contribution in [0.15, 0.2) is 24.3 Å². The molecule has 1 amide bonds. The molecule has 4 nitrogen and oxygen atoms in total. The van der Waals surface area contributed by atoms with Crippen molar-refractivity contribution in [3.8, 4) is 0 Å². The summed E-state index contributed by atoms with van der Waals surface area (Å²) in [6.45, 7) is 2.22. The van der Waals surface area contributed by atoms with E-state index in [9.17, 15) is 9.59 Å². The van der Waals surface area contributed by atoms with E-state index in [1.54, 1.807) is 11.9 Å². The molecule has 1 rings (SSSR count). The first-order valence-electron chi connectivity index (χ1n) is 9.13. The average Bonchev–Trinajstić information content (AvgIpc) is 2.90. The van der Waals surface area contributed by atoms with Gasteiger partial charge < -0.3 is 5.11 Å². The summed E-state index contributed by atoms with van der Waals surface area (Å²) in [5.74, 6) is 0.240. The topological polar surface area (TPSA) is 57.6 Å². The molecule has 1 saturated heterocycles. The van der Waals surface area contributed by atoms with Crippen molar-refractivity contribution in [2.75, 3.05) is 5.75 Å². The molecule has 0 radical (unpaired) electrons. The van der Waals surface area contributed by atoms with Crippen LogP contribution in [0.1, 0.15) is 71.1 Å². The summed E-state index contributed by atoms with van der Waals surface area (Å²) >= 11 is 1.57. The molecule has 5 heteroatoms. The summed E-state index contributed by atoms with van der Waals surface area (Å²) in [7, 11) is 0. The fraction of sp³-hybridized carbons (Fsp3) is 0.684. The van der Waals surface area contributed by atoms with Gasteiger partial charge in [0.25, 0.3) is 0 Å². The highest BCUT2D eigenvalue weighted by Gasteiger charge is 2.29. The Morgan fingerprint density at radius 1 is 1.21 bits per heavy atom. The lowest BCUT2D eigenvalue weighted by atomic mass is 10.1. The maximum absolute atomic E-state index is 12.0. The van der Waals surface area contributed by atoms with Gasteiger partial charge in [-0.1, -0.05) is 50.5 Å². The highest BCUT2D eigenvalue weighted by Crippen LogP contribution is 2.27. The molecule has 136 valence electrons. The molecule has 0 aromatic carbocycles. The van der Waals surface area contributed by atoms with Gasteiger partial charge in [0.05, 0.1) is 6.04 Å². The first-order chi connectivity index (χ1) is 11.6. The molecule has 1 fully saturated rings. The number of amides is 1. The molecule has 0 bridgehead atoms. The first kappa shape index (κ1) is 20.8.